The summed E-state index contributed by atoms with van der Waals surface area (Å²) in [4.78, 5) is 17.8. The van der Waals surface area contributed by atoms with Gasteiger partial charge in [-0.2, -0.15) is 0 Å². The molecule has 0 aliphatic heterocycles. The molecule has 2 N–H and O–H groups in total. The number of hydrogen-bond acceptors (Lipinski definition) is 5. The van der Waals surface area contributed by atoms with Crippen molar-refractivity contribution in [3.05, 3.63) is 52.9 Å². The molecule has 1 amide bonds. The lowest BCUT2D eigenvalue weighted by Gasteiger charge is -2.05. The van der Waals surface area contributed by atoms with Gasteiger partial charge in [-0.15, -0.1) is 21.5 Å². The molecular formula is C19H16N4O2S. The van der Waals surface area contributed by atoms with Crippen molar-refractivity contribution in [2.75, 3.05) is 5.32 Å². The lowest BCUT2D eigenvalue weighted by Crippen LogP contribution is -2.12. The predicted molar refractivity (Wildman–Crippen MR) is 101 cm³/mol. The Bertz CT molecular complexity index is 1120. The van der Waals surface area contributed by atoms with E-state index in [4.69, 9.17) is 4.42 Å². The molecule has 0 spiro atoms. The predicted octanol–water partition coefficient (Wildman–Crippen LogP) is 4.72. The molecule has 0 atom stereocenters. The minimum absolute atomic E-state index is 0.133. The Morgan fingerprint density at radius 2 is 2.19 bits per heavy atom. The number of fused-ring (bicyclic) bond motifs is 1. The number of amides is 1. The van der Waals surface area contributed by atoms with E-state index < -0.39 is 0 Å². The van der Waals surface area contributed by atoms with Crippen LogP contribution in [0.4, 0.5) is 5.69 Å². The van der Waals surface area contributed by atoms with Gasteiger partial charge in [-0.1, -0.05) is 6.07 Å². The molecule has 1 aliphatic rings. The molecule has 1 saturated carbocycles. The fourth-order valence-electron chi connectivity index (χ4n) is 3.01. The van der Waals surface area contributed by atoms with Gasteiger partial charge < -0.3 is 14.7 Å². The average Bonchev–Trinajstić information content (AvgIpc) is 3.06. The van der Waals surface area contributed by atoms with E-state index in [1.807, 2.05) is 43.5 Å². The minimum atomic E-state index is -0.133. The molecule has 3 aromatic heterocycles. The fraction of sp³-hybridized carbons (Fsp3) is 0.211. The van der Waals surface area contributed by atoms with Gasteiger partial charge >= 0.3 is 0 Å². The third-order valence-electron chi connectivity index (χ3n) is 4.58. The van der Waals surface area contributed by atoms with Gasteiger partial charge in [-0.3, -0.25) is 4.79 Å². The van der Waals surface area contributed by atoms with Crippen LogP contribution in [0.2, 0.25) is 0 Å². The zero-order valence-corrected chi connectivity index (χ0v) is 14.9. The van der Waals surface area contributed by atoms with Crippen molar-refractivity contribution in [2.24, 2.45) is 0 Å². The smallest absolute Gasteiger partial charge is 0.257 e. The number of carbonyl (C=O) groups is 1. The molecule has 1 aliphatic carbocycles. The van der Waals surface area contributed by atoms with Crippen molar-refractivity contribution in [3.63, 3.8) is 0 Å². The highest BCUT2D eigenvalue weighted by Crippen LogP contribution is 2.41. The third kappa shape index (κ3) is 2.61. The molecule has 6 nitrogen and oxygen atoms in total. The molecule has 26 heavy (non-hydrogen) atoms. The first-order chi connectivity index (χ1) is 12.7. The second-order valence-electron chi connectivity index (χ2n) is 6.50. The first kappa shape index (κ1) is 15.3. The minimum Gasteiger partial charge on any atom is -0.420 e. The number of benzene rings is 1. The van der Waals surface area contributed by atoms with E-state index in [-0.39, 0.29) is 5.91 Å². The number of nitrogens with zero attached hydrogens (tertiary/aromatic N) is 2. The summed E-state index contributed by atoms with van der Waals surface area (Å²) < 4.78 is 5.77. The molecule has 1 fully saturated rings. The summed E-state index contributed by atoms with van der Waals surface area (Å²) in [5.74, 6) is 1.54. The Morgan fingerprint density at radius 1 is 1.31 bits per heavy atom. The van der Waals surface area contributed by atoms with Crippen LogP contribution < -0.4 is 5.32 Å². The summed E-state index contributed by atoms with van der Waals surface area (Å²) in [6.45, 7) is 1.97. The molecule has 7 heteroatoms. The highest BCUT2D eigenvalue weighted by atomic mass is 32.1. The van der Waals surface area contributed by atoms with Gasteiger partial charge in [0, 0.05) is 33.5 Å². The van der Waals surface area contributed by atoms with Crippen molar-refractivity contribution in [3.8, 4) is 10.8 Å². The SMILES string of the molecule is Cc1sc(-c2nnc(C3CC3)o2)cc1NC(=O)c1cccc2[nH]ccc12. The fourth-order valence-corrected chi connectivity index (χ4v) is 3.91. The van der Waals surface area contributed by atoms with Crippen LogP contribution in [0, 0.1) is 6.92 Å². The van der Waals surface area contributed by atoms with Gasteiger partial charge in [-0.25, -0.2) is 0 Å². The van der Waals surface area contributed by atoms with Crippen LogP contribution in [-0.2, 0) is 0 Å². The largest absolute Gasteiger partial charge is 0.420 e. The molecule has 4 aromatic rings. The summed E-state index contributed by atoms with van der Waals surface area (Å²) >= 11 is 1.54. The topological polar surface area (TPSA) is 83.8 Å². The van der Waals surface area contributed by atoms with Crippen LogP contribution >= 0.6 is 11.3 Å². The molecular weight excluding hydrogens is 348 g/mol. The first-order valence-electron chi connectivity index (χ1n) is 8.51. The number of H-pyrrole nitrogens is 1. The quantitative estimate of drug-likeness (QED) is 0.549. The Hall–Kier alpha value is -2.93. The van der Waals surface area contributed by atoms with E-state index in [1.54, 1.807) is 0 Å². The zero-order chi connectivity index (χ0) is 17.7. The number of carbonyl (C=O) groups excluding carboxylic acids is 1. The molecule has 3 heterocycles. The summed E-state index contributed by atoms with van der Waals surface area (Å²) in [5.41, 5.74) is 2.36. The number of hydrogen-bond donors (Lipinski definition) is 2. The lowest BCUT2D eigenvalue weighted by molar-refractivity contribution is 0.102. The van der Waals surface area contributed by atoms with E-state index in [1.165, 1.54) is 11.3 Å². The molecule has 130 valence electrons. The highest BCUT2D eigenvalue weighted by molar-refractivity contribution is 7.15. The van der Waals surface area contributed by atoms with Crippen LogP contribution in [0.5, 0.6) is 0 Å². The first-order valence-corrected chi connectivity index (χ1v) is 9.32. The lowest BCUT2D eigenvalue weighted by atomic mass is 10.1. The Balaban J connectivity index is 1.42. The number of aromatic amines is 1. The summed E-state index contributed by atoms with van der Waals surface area (Å²) in [6.07, 6.45) is 4.08. The normalized spacial score (nSPS) is 14.0. The number of rotatable bonds is 4. The van der Waals surface area contributed by atoms with E-state index in [9.17, 15) is 4.79 Å². The van der Waals surface area contributed by atoms with Crippen LogP contribution in [0.3, 0.4) is 0 Å². The molecule has 0 saturated heterocycles. The van der Waals surface area contributed by atoms with E-state index >= 15 is 0 Å². The maximum Gasteiger partial charge on any atom is 0.257 e. The number of nitrogens with one attached hydrogen (secondary N) is 2. The van der Waals surface area contributed by atoms with Crippen LogP contribution in [-0.4, -0.2) is 21.1 Å². The second-order valence-corrected chi connectivity index (χ2v) is 7.76. The van der Waals surface area contributed by atoms with E-state index in [0.29, 0.717) is 17.4 Å². The maximum absolute atomic E-state index is 12.8. The zero-order valence-electron chi connectivity index (χ0n) is 14.1. The molecule has 0 radical (unpaired) electrons. The third-order valence-corrected chi connectivity index (χ3v) is 5.62. The molecule has 0 bridgehead atoms. The number of aromatic nitrogens is 3. The van der Waals surface area contributed by atoms with Crippen molar-refractivity contribution < 1.29 is 9.21 Å². The van der Waals surface area contributed by atoms with Crippen molar-refractivity contribution in [2.45, 2.75) is 25.7 Å². The van der Waals surface area contributed by atoms with Gasteiger partial charge in [0.1, 0.15) is 0 Å². The van der Waals surface area contributed by atoms with Crippen LogP contribution in [0.15, 0.2) is 40.9 Å². The van der Waals surface area contributed by atoms with Gasteiger partial charge in [0.15, 0.2) is 0 Å². The summed E-state index contributed by atoms with van der Waals surface area (Å²) in [7, 11) is 0. The van der Waals surface area contributed by atoms with Gasteiger partial charge in [0.05, 0.1) is 10.6 Å². The average molecular weight is 364 g/mol. The number of thiophene rings is 1. The molecule has 0 unspecified atom stereocenters. The van der Waals surface area contributed by atoms with E-state index in [2.05, 4.69) is 20.5 Å². The van der Waals surface area contributed by atoms with Gasteiger partial charge in [0.25, 0.3) is 11.8 Å². The highest BCUT2D eigenvalue weighted by Gasteiger charge is 2.30. The van der Waals surface area contributed by atoms with Crippen molar-refractivity contribution in [1.29, 1.82) is 0 Å². The Morgan fingerprint density at radius 3 is 3.04 bits per heavy atom. The van der Waals surface area contributed by atoms with Crippen molar-refractivity contribution >= 4 is 33.8 Å². The Labute approximate surface area is 153 Å². The van der Waals surface area contributed by atoms with Gasteiger partial charge in [-0.05, 0) is 44.0 Å². The monoisotopic (exact) mass is 364 g/mol. The molecule has 5 rings (SSSR count). The van der Waals surface area contributed by atoms with E-state index in [0.717, 1.165) is 45.1 Å². The number of aryl methyl sites for hydroxylation is 1. The number of anilines is 1. The molecule has 1 aromatic carbocycles. The van der Waals surface area contributed by atoms with Gasteiger partial charge in [0.2, 0.25) is 5.89 Å². The van der Waals surface area contributed by atoms with Crippen LogP contribution in [0.25, 0.3) is 21.7 Å². The Kier molecular flexibility index (Phi) is 3.43. The maximum atomic E-state index is 12.8. The van der Waals surface area contributed by atoms with Crippen LogP contribution in [0.1, 0.15) is 39.9 Å². The standard InChI is InChI=1S/C19H16N4O2S/c1-10-15(9-16(26-10)19-23-22-18(25-19)11-5-6-11)21-17(24)13-3-2-4-14-12(13)7-8-20-14/h2-4,7-9,11,20H,5-6H2,1H3,(H,21,24). The summed E-state index contributed by atoms with van der Waals surface area (Å²) in [6, 6.07) is 9.46. The van der Waals surface area contributed by atoms with Crippen molar-refractivity contribution in [1.82, 2.24) is 15.2 Å². The second kappa shape index (κ2) is 5.81. The summed E-state index contributed by atoms with van der Waals surface area (Å²) in [5, 5.41) is 12.2.